The summed E-state index contributed by atoms with van der Waals surface area (Å²) in [7, 11) is -3.68. The van der Waals surface area contributed by atoms with Crippen LogP contribution in [0.25, 0.3) is 6.08 Å². The summed E-state index contributed by atoms with van der Waals surface area (Å²) in [6.45, 7) is 3.82. The number of hydrogen-bond donors (Lipinski definition) is 0. The standard InChI is InChI=1S/C18H16BrNO2S/c1-13-3-4-14(2)16(9-13)10-18(11-20)23(21,22)12-15-5-7-17(19)8-6-15/h3-10H,12H2,1-2H3. The molecule has 2 rings (SSSR count). The van der Waals surface area contributed by atoms with Crippen molar-refractivity contribution in [1.29, 1.82) is 5.26 Å². The molecule has 0 saturated heterocycles. The van der Waals surface area contributed by atoms with Crippen molar-refractivity contribution in [3.63, 3.8) is 0 Å². The molecule has 0 atom stereocenters. The Kier molecular flexibility index (Phi) is 5.40. The van der Waals surface area contributed by atoms with Gasteiger partial charge in [-0.1, -0.05) is 51.8 Å². The van der Waals surface area contributed by atoms with Crippen LogP contribution in [-0.4, -0.2) is 8.42 Å². The van der Waals surface area contributed by atoms with Gasteiger partial charge in [-0.05, 0) is 48.7 Å². The van der Waals surface area contributed by atoms with Gasteiger partial charge in [0.2, 0.25) is 0 Å². The molecule has 0 aliphatic rings. The molecule has 0 aliphatic carbocycles. The molecular weight excluding hydrogens is 374 g/mol. The van der Waals surface area contributed by atoms with Crippen molar-refractivity contribution in [3.05, 3.63) is 74.1 Å². The molecule has 0 spiro atoms. The fourth-order valence-corrected chi connectivity index (χ4v) is 3.62. The topological polar surface area (TPSA) is 57.9 Å². The number of benzene rings is 2. The lowest BCUT2D eigenvalue weighted by molar-refractivity contribution is 0.602. The van der Waals surface area contributed by atoms with Crippen molar-refractivity contribution in [2.45, 2.75) is 19.6 Å². The molecule has 0 bridgehead atoms. The van der Waals surface area contributed by atoms with Crippen LogP contribution in [0.2, 0.25) is 0 Å². The van der Waals surface area contributed by atoms with E-state index in [-0.39, 0.29) is 10.7 Å². The summed E-state index contributed by atoms with van der Waals surface area (Å²) in [5.74, 6) is -0.190. The first-order chi connectivity index (χ1) is 10.8. The van der Waals surface area contributed by atoms with E-state index < -0.39 is 9.84 Å². The van der Waals surface area contributed by atoms with Crippen molar-refractivity contribution in [2.75, 3.05) is 0 Å². The predicted molar refractivity (Wildman–Crippen MR) is 96.3 cm³/mol. The zero-order valence-electron chi connectivity index (χ0n) is 12.9. The van der Waals surface area contributed by atoms with E-state index in [1.54, 1.807) is 24.3 Å². The van der Waals surface area contributed by atoms with Gasteiger partial charge in [-0.25, -0.2) is 8.42 Å². The van der Waals surface area contributed by atoms with Crippen molar-refractivity contribution >= 4 is 31.8 Å². The van der Waals surface area contributed by atoms with E-state index in [0.717, 1.165) is 21.2 Å². The van der Waals surface area contributed by atoms with E-state index in [9.17, 15) is 13.7 Å². The maximum absolute atomic E-state index is 12.5. The zero-order valence-corrected chi connectivity index (χ0v) is 15.3. The normalized spacial score (nSPS) is 12.0. The average molecular weight is 390 g/mol. The molecule has 2 aromatic carbocycles. The minimum absolute atomic E-state index is 0.190. The number of allylic oxidation sites excluding steroid dienone is 1. The smallest absolute Gasteiger partial charge is 0.192 e. The van der Waals surface area contributed by atoms with Crippen molar-refractivity contribution < 1.29 is 8.42 Å². The fourth-order valence-electron chi connectivity index (χ4n) is 2.13. The minimum Gasteiger partial charge on any atom is -0.223 e. The van der Waals surface area contributed by atoms with Crippen molar-refractivity contribution in [3.8, 4) is 6.07 Å². The first kappa shape index (κ1) is 17.5. The van der Waals surface area contributed by atoms with Gasteiger partial charge in [-0.2, -0.15) is 5.26 Å². The number of nitrogens with zero attached hydrogens (tertiary/aromatic N) is 1. The predicted octanol–water partition coefficient (Wildman–Crippen LogP) is 4.55. The first-order valence-corrected chi connectivity index (χ1v) is 9.42. The summed E-state index contributed by atoms with van der Waals surface area (Å²) in [4.78, 5) is -0.214. The van der Waals surface area contributed by atoms with Gasteiger partial charge in [0.05, 0.1) is 5.75 Å². The van der Waals surface area contributed by atoms with Gasteiger partial charge in [0.25, 0.3) is 0 Å². The molecule has 0 unspecified atom stereocenters. The highest BCUT2D eigenvalue weighted by Gasteiger charge is 2.19. The maximum Gasteiger partial charge on any atom is 0.192 e. The molecule has 23 heavy (non-hydrogen) atoms. The molecule has 3 nitrogen and oxygen atoms in total. The molecule has 0 aliphatic heterocycles. The number of sulfone groups is 1. The number of hydrogen-bond acceptors (Lipinski definition) is 3. The summed E-state index contributed by atoms with van der Waals surface area (Å²) in [6.07, 6.45) is 1.45. The molecule has 0 fully saturated rings. The number of halogens is 1. The quantitative estimate of drug-likeness (QED) is 0.720. The summed E-state index contributed by atoms with van der Waals surface area (Å²) in [6, 6.07) is 14.6. The number of rotatable bonds is 4. The highest BCUT2D eigenvalue weighted by molar-refractivity contribution is 9.10. The van der Waals surface area contributed by atoms with Crippen LogP contribution in [0, 0.1) is 25.2 Å². The highest BCUT2D eigenvalue weighted by atomic mass is 79.9. The van der Waals surface area contributed by atoms with Crippen molar-refractivity contribution in [2.24, 2.45) is 0 Å². The third-order valence-electron chi connectivity index (χ3n) is 3.44. The monoisotopic (exact) mass is 389 g/mol. The van der Waals surface area contributed by atoms with Crippen molar-refractivity contribution in [1.82, 2.24) is 0 Å². The van der Waals surface area contributed by atoms with Crippen LogP contribution in [-0.2, 0) is 15.6 Å². The van der Waals surface area contributed by atoms with Gasteiger partial charge in [0.15, 0.2) is 9.84 Å². The number of aryl methyl sites for hydroxylation is 2. The van der Waals surface area contributed by atoms with Gasteiger partial charge in [-0.15, -0.1) is 0 Å². The maximum atomic E-state index is 12.5. The van der Waals surface area contributed by atoms with Crippen LogP contribution in [0.4, 0.5) is 0 Å². The van der Waals surface area contributed by atoms with Crippen LogP contribution in [0.15, 0.2) is 51.8 Å². The van der Waals surface area contributed by atoms with E-state index in [0.29, 0.717) is 5.56 Å². The first-order valence-electron chi connectivity index (χ1n) is 6.98. The Balaban J connectivity index is 2.39. The molecule has 5 heteroatoms. The molecular formula is C18H16BrNO2S. The molecule has 0 amide bonds. The molecule has 0 N–H and O–H groups in total. The molecule has 0 radical (unpaired) electrons. The second kappa shape index (κ2) is 7.12. The lowest BCUT2D eigenvalue weighted by Gasteiger charge is -2.06. The van der Waals surface area contributed by atoms with Crippen LogP contribution < -0.4 is 0 Å². The molecule has 2 aromatic rings. The molecule has 0 aromatic heterocycles. The second-order valence-electron chi connectivity index (χ2n) is 5.37. The lowest BCUT2D eigenvalue weighted by Crippen LogP contribution is -2.06. The largest absolute Gasteiger partial charge is 0.223 e. The Labute approximate surface area is 145 Å². The van der Waals surface area contributed by atoms with E-state index in [2.05, 4.69) is 15.9 Å². The third kappa shape index (κ3) is 4.54. The van der Waals surface area contributed by atoms with Crippen LogP contribution in [0.3, 0.4) is 0 Å². The Bertz CT molecular complexity index is 892. The molecule has 0 saturated carbocycles. The fraction of sp³-hybridized carbons (Fsp3) is 0.167. The van der Waals surface area contributed by atoms with Gasteiger partial charge in [-0.3, -0.25) is 0 Å². The van der Waals surface area contributed by atoms with Gasteiger partial charge >= 0.3 is 0 Å². The van der Waals surface area contributed by atoms with E-state index >= 15 is 0 Å². The average Bonchev–Trinajstić information content (AvgIpc) is 2.50. The Morgan fingerprint density at radius 3 is 2.43 bits per heavy atom. The summed E-state index contributed by atoms with van der Waals surface area (Å²) >= 11 is 3.31. The van der Waals surface area contributed by atoms with Gasteiger partial charge in [0, 0.05) is 4.47 Å². The Morgan fingerprint density at radius 1 is 1.17 bits per heavy atom. The lowest BCUT2D eigenvalue weighted by atomic mass is 10.1. The minimum atomic E-state index is -3.68. The summed E-state index contributed by atoms with van der Waals surface area (Å²) < 4.78 is 25.9. The zero-order chi connectivity index (χ0) is 17.0. The van der Waals surface area contributed by atoms with Gasteiger partial charge < -0.3 is 0 Å². The highest BCUT2D eigenvalue weighted by Crippen LogP contribution is 2.21. The third-order valence-corrected chi connectivity index (χ3v) is 5.56. The molecule has 0 heterocycles. The van der Waals surface area contributed by atoms with Crippen LogP contribution in [0.5, 0.6) is 0 Å². The van der Waals surface area contributed by atoms with E-state index in [1.807, 2.05) is 38.1 Å². The number of nitriles is 1. The summed E-state index contributed by atoms with van der Waals surface area (Å²) in [5, 5.41) is 9.30. The van der Waals surface area contributed by atoms with E-state index in [4.69, 9.17) is 0 Å². The Morgan fingerprint density at radius 2 is 1.83 bits per heavy atom. The Hall–Kier alpha value is -1.90. The van der Waals surface area contributed by atoms with E-state index in [1.165, 1.54) is 6.08 Å². The second-order valence-corrected chi connectivity index (χ2v) is 8.24. The molecule has 118 valence electrons. The van der Waals surface area contributed by atoms with Crippen LogP contribution in [0.1, 0.15) is 22.3 Å². The van der Waals surface area contributed by atoms with Gasteiger partial charge in [0.1, 0.15) is 11.0 Å². The van der Waals surface area contributed by atoms with Crippen LogP contribution >= 0.6 is 15.9 Å². The SMILES string of the molecule is Cc1ccc(C)c(C=C(C#N)S(=O)(=O)Cc2ccc(Br)cc2)c1. The summed E-state index contributed by atoms with van der Waals surface area (Å²) in [5.41, 5.74) is 3.35.